The maximum absolute atomic E-state index is 6.14. The van der Waals surface area contributed by atoms with Crippen molar-refractivity contribution in [3.63, 3.8) is 0 Å². The van der Waals surface area contributed by atoms with E-state index in [1.807, 2.05) is 6.07 Å². The average Bonchev–Trinajstić information content (AvgIpc) is 3.10. The Balaban J connectivity index is 2.12. The highest BCUT2D eigenvalue weighted by Gasteiger charge is 2.38. The fourth-order valence-electron chi connectivity index (χ4n) is 3.46. The molecule has 0 radical (unpaired) electrons. The van der Waals surface area contributed by atoms with Crippen LogP contribution in [0.4, 0.5) is 0 Å². The quantitative estimate of drug-likeness (QED) is 0.910. The molecule has 0 atom stereocenters. The molecule has 3 rings (SSSR count). The molecule has 1 aromatic carbocycles. The lowest BCUT2D eigenvalue weighted by Crippen LogP contribution is -2.35. The number of rotatable bonds is 5. The molecule has 0 amide bonds. The molecule has 1 aliphatic rings. The van der Waals surface area contributed by atoms with Gasteiger partial charge in [-0.3, -0.25) is 0 Å². The lowest BCUT2D eigenvalue weighted by Gasteiger charge is -2.27. The Morgan fingerprint density at radius 3 is 2.75 bits per heavy atom. The second-order valence-corrected chi connectivity index (χ2v) is 5.76. The van der Waals surface area contributed by atoms with Gasteiger partial charge in [0.05, 0.1) is 17.6 Å². The number of benzene rings is 1. The standard InChI is InChI=1S/C16H23N3O/c1-20-11-10-19-14-7-3-2-6-13(14)18-15(19)16(12-17)8-4-5-9-16/h2-3,6-7H,4-5,8-12,17H2,1H3. The highest BCUT2D eigenvalue weighted by molar-refractivity contribution is 5.76. The molecule has 4 nitrogen and oxygen atoms in total. The summed E-state index contributed by atoms with van der Waals surface area (Å²) >= 11 is 0. The van der Waals surface area contributed by atoms with E-state index in [1.54, 1.807) is 7.11 Å². The van der Waals surface area contributed by atoms with Crippen LogP contribution in [-0.4, -0.2) is 29.8 Å². The number of aromatic nitrogens is 2. The topological polar surface area (TPSA) is 53.1 Å². The van der Waals surface area contributed by atoms with Crippen LogP contribution in [0.3, 0.4) is 0 Å². The molecule has 1 saturated carbocycles. The van der Waals surface area contributed by atoms with Crippen LogP contribution in [0, 0.1) is 0 Å². The van der Waals surface area contributed by atoms with Crippen molar-refractivity contribution in [2.24, 2.45) is 5.73 Å². The van der Waals surface area contributed by atoms with Crippen LogP contribution in [0.2, 0.25) is 0 Å². The van der Waals surface area contributed by atoms with Gasteiger partial charge in [0.2, 0.25) is 0 Å². The molecule has 1 aliphatic carbocycles. The summed E-state index contributed by atoms with van der Waals surface area (Å²) in [6.45, 7) is 2.23. The Morgan fingerprint density at radius 2 is 2.05 bits per heavy atom. The summed E-state index contributed by atoms with van der Waals surface area (Å²) in [6.07, 6.45) is 4.81. The predicted molar refractivity (Wildman–Crippen MR) is 80.8 cm³/mol. The van der Waals surface area contributed by atoms with Crippen molar-refractivity contribution < 1.29 is 4.74 Å². The Hall–Kier alpha value is -1.39. The second-order valence-electron chi connectivity index (χ2n) is 5.76. The van der Waals surface area contributed by atoms with Gasteiger partial charge in [0.25, 0.3) is 0 Å². The molecule has 0 spiro atoms. The average molecular weight is 273 g/mol. The molecule has 108 valence electrons. The van der Waals surface area contributed by atoms with Crippen molar-refractivity contribution in [2.75, 3.05) is 20.3 Å². The van der Waals surface area contributed by atoms with Crippen LogP contribution in [0.5, 0.6) is 0 Å². The number of para-hydroxylation sites is 2. The summed E-state index contributed by atoms with van der Waals surface area (Å²) in [5.41, 5.74) is 8.46. The molecule has 0 bridgehead atoms. The van der Waals surface area contributed by atoms with Gasteiger partial charge in [0, 0.05) is 25.6 Å². The van der Waals surface area contributed by atoms with E-state index in [0.717, 1.165) is 30.7 Å². The van der Waals surface area contributed by atoms with Crippen LogP contribution in [-0.2, 0) is 16.7 Å². The zero-order valence-corrected chi connectivity index (χ0v) is 12.1. The molecule has 1 heterocycles. The summed E-state index contributed by atoms with van der Waals surface area (Å²) in [6, 6.07) is 8.34. The number of ether oxygens (including phenoxy) is 1. The number of nitrogens with two attached hydrogens (primary N) is 1. The number of imidazole rings is 1. The van der Waals surface area contributed by atoms with Crippen LogP contribution >= 0.6 is 0 Å². The van der Waals surface area contributed by atoms with Crippen molar-refractivity contribution in [3.05, 3.63) is 30.1 Å². The Labute approximate surface area is 119 Å². The van der Waals surface area contributed by atoms with Gasteiger partial charge in [0.1, 0.15) is 5.82 Å². The summed E-state index contributed by atoms with van der Waals surface area (Å²) in [5.74, 6) is 1.16. The SMILES string of the molecule is COCCn1c(C2(CN)CCCC2)nc2ccccc21. The first kappa shape index (κ1) is 13.6. The van der Waals surface area contributed by atoms with Crippen LogP contribution in [0.15, 0.2) is 24.3 Å². The molecule has 1 fully saturated rings. The van der Waals surface area contributed by atoms with E-state index < -0.39 is 0 Å². The number of methoxy groups -OCH3 is 1. The third-order valence-corrected chi connectivity index (χ3v) is 4.60. The molecular formula is C16H23N3O. The fraction of sp³-hybridized carbons (Fsp3) is 0.562. The number of hydrogen-bond donors (Lipinski definition) is 1. The maximum atomic E-state index is 6.14. The highest BCUT2D eigenvalue weighted by atomic mass is 16.5. The molecular weight excluding hydrogens is 250 g/mol. The van der Waals surface area contributed by atoms with Gasteiger partial charge in [-0.2, -0.15) is 0 Å². The van der Waals surface area contributed by atoms with E-state index in [4.69, 9.17) is 15.5 Å². The Morgan fingerprint density at radius 1 is 1.30 bits per heavy atom. The summed E-state index contributed by atoms with van der Waals surface area (Å²) < 4.78 is 7.58. The zero-order chi connectivity index (χ0) is 14.0. The van der Waals surface area contributed by atoms with Gasteiger partial charge in [-0.05, 0) is 25.0 Å². The van der Waals surface area contributed by atoms with E-state index in [1.165, 1.54) is 18.4 Å². The molecule has 20 heavy (non-hydrogen) atoms. The van der Waals surface area contributed by atoms with E-state index in [0.29, 0.717) is 13.2 Å². The zero-order valence-electron chi connectivity index (χ0n) is 12.1. The van der Waals surface area contributed by atoms with Crippen molar-refractivity contribution in [3.8, 4) is 0 Å². The molecule has 0 aliphatic heterocycles. The monoisotopic (exact) mass is 273 g/mol. The molecule has 0 saturated heterocycles. The minimum atomic E-state index is 0.0623. The molecule has 2 N–H and O–H groups in total. The van der Waals surface area contributed by atoms with Gasteiger partial charge >= 0.3 is 0 Å². The van der Waals surface area contributed by atoms with Crippen LogP contribution in [0.25, 0.3) is 11.0 Å². The fourth-order valence-corrected chi connectivity index (χ4v) is 3.46. The van der Waals surface area contributed by atoms with Gasteiger partial charge in [-0.1, -0.05) is 25.0 Å². The predicted octanol–water partition coefficient (Wildman–Crippen LogP) is 2.45. The Bertz CT molecular complexity index is 584. The first-order valence-corrected chi connectivity index (χ1v) is 7.45. The van der Waals surface area contributed by atoms with E-state index in [-0.39, 0.29) is 5.41 Å². The maximum Gasteiger partial charge on any atom is 0.117 e. The second kappa shape index (κ2) is 5.54. The van der Waals surface area contributed by atoms with Gasteiger partial charge < -0.3 is 15.0 Å². The molecule has 2 aromatic rings. The lowest BCUT2D eigenvalue weighted by molar-refractivity contribution is 0.185. The number of fused-ring (bicyclic) bond motifs is 1. The van der Waals surface area contributed by atoms with Crippen LogP contribution < -0.4 is 5.73 Å². The van der Waals surface area contributed by atoms with Crippen molar-refractivity contribution in [1.82, 2.24) is 9.55 Å². The van der Waals surface area contributed by atoms with Crippen molar-refractivity contribution >= 4 is 11.0 Å². The molecule has 0 unspecified atom stereocenters. The first-order valence-electron chi connectivity index (χ1n) is 7.45. The third-order valence-electron chi connectivity index (χ3n) is 4.60. The summed E-state index contributed by atoms with van der Waals surface area (Å²) in [7, 11) is 1.74. The summed E-state index contributed by atoms with van der Waals surface area (Å²) in [5, 5.41) is 0. The van der Waals surface area contributed by atoms with Crippen molar-refractivity contribution in [1.29, 1.82) is 0 Å². The normalized spacial score (nSPS) is 17.9. The molecule has 4 heteroatoms. The minimum absolute atomic E-state index is 0.0623. The Kier molecular flexibility index (Phi) is 3.76. The largest absolute Gasteiger partial charge is 0.383 e. The minimum Gasteiger partial charge on any atom is -0.383 e. The molecule has 1 aromatic heterocycles. The van der Waals surface area contributed by atoms with E-state index >= 15 is 0 Å². The number of nitrogens with zero attached hydrogens (tertiary/aromatic N) is 2. The van der Waals surface area contributed by atoms with Crippen LogP contribution in [0.1, 0.15) is 31.5 Å². The smallest absolute Gasteiger partial charge is 0.117 e. The van der Waals surface area contributed by atoms with Gasteiger partial charge in [0.15, 0.2) is 0 Å². The van der Waals surface area contributed by atoms with E-state index in [9.17, 15) is 0 Å². The highest BCUT2D eigenvalue weighted by Crippen LogP contribution is 2.40. The lowest BCUT2D eigenvalue weighted by atomic mass is 9.85. The first-order chi connectivity index (χ1) is 9.80. The number of hydrogen-bond acceptors (Lipinski definition) is 3. The third kappa shape index (κ3) is 2.13. The van der Waals surface area contributed by atoms with Gasteiger partial charge in [-0.15, -0.1) is 0 Å². The summed E-state index contributed by atoms with van der Waals surface area (Å²) in [4.78, 5) is 4.92. The van der Waals surface area contributed by atoms with Gasteiger partial charge in [-0.25, -0.2) is 4.98 Å². The van der Waals surface area contributed by atoms with Crippen molar-refractivity contribution in [2.45, 2.75) is 37.6 Å². The van der Waals surface area contributed by atoms with E-state index in [2.05, 4.69) is 22.8 Å².